The Balaban J connectivity index is 0.000000242. The monoisotopic (exact) mass is 759 g/mol. The van der Waals surface area contributed by atoms with Gasteiger partial charge in [0.05, 0.1) is 29.1 Å². The van der Waals surface area contributed by atoms with E-state index in [1.165, 1.54) is 54.2 Å². The zero-order valence-corrected chi connectivity index (χ0v) is 33.3. The van der Waals surface area contributed by atoms with Crippen LogP contribution in [0.2, 0.25) is 0 Å². The number of anilines is 2. The number of non-ortho nitro benzene ring substituents is 1. The van der Waals surface area contributed by atoms with E-state index in [0.717, 1.165) is 31.5 Å². The third-order valence-electron chi connectivity index (χ3n) is 10.0. The van der Waals surface area contributed by atoms with E-state index < -0.39 is 22.8 Å². The number of nitro benzene ring substituents is 1. The highest BCUT2D eigenvalue weighted by Gasteiger charge is 2.38. The number of carbonyl (C=O) groups excluding carboxylic acids is 2. The quantitative estimate of drug-likeness (QED) is 0.0832. The Bertz CT molecular complexity index is 2010. The minimum Gasteiger partial charge on any atom is -0.466 e. The molecule has 294 valence electrons. The maximum Gasteiger partial charge on any atom is 0.336 e. The number of methoxy groups -OCH3 is 1. The highest BCUT2D eigenvalue weighted by molar-refractivity contribution is 6.00. The van der Waals surface area contributed by atoms with Crippen LogP contribution in [0, 0.1) is 10.1 Å². The molecule has 0 aromatic heterocycles. The van der Waals surface area contributed by atoms with Crippen LogP contribution in [0.1, 0.15) is 48.4 Å². The second-order valence-electron chi connectivity index (χ2n) is 14.4. The predicted octanol–water partition coefficient (Wildman–Crippen LogP) is 7.55. The van der Waals surface area contributed by atoms with Crippen molar-refractivity contribution in [3.05, 3.63) is 158 Å². The third-order valence-corrected chi connectivity index (χ3v) is 10.0. The molecule has 0 saturated heterocycles. The number of esters is 2. The van der Waals surface area contributed by atoms with Crippen molar-refractivity contribution >= 4 is 29.0 Å². The van der Waals surface area contributed by atoms with E-state index in [0.29, 0.717) is 30.0 Å². The van der Waals surface area contributed by atoms with Gasteiger partial charge in [0.25, 0.3) is 5.69 Å². The summed E-state index contributed by atoms with van der Waals surface area (Å²) in [5.41, 5.74) is 8.57. The zero-order valence-electron chi connectivity index (χ0n) is 33.3. The van der Waals surface area contributed by atoms with Gasteiger partial charge in [0.15, 0.2) is 0 Å². The molecular formula is C45H53N5O6. The largest absolute Gasteiger partial charge is 0.466 e. The number of rotatable bonds is 13. The maximum atomic E-state index is 13.3. The van der Waals surface area contributed by atoms with Crippen LogP contribution in [-0.2, 0) is 38.4 Å². The van der Waals surface area contributed by atoms with Crippen molar-refractivity contribution < 1.29 is 24.0 Å². The summed E-state index contributed by atoms with van der Waals surface area (Å²) in [7, 11) is 7.47. The zero-order chi connectivity index (χ0) is 40.2. The molecule has 11 nitrogen and oxygen atoms in total. The molecule has 1 N–H and O–H groups in total. The van der Waals surface area contributed by atoms with Gasteiger partial charge in [-0.1, -0.05) is 78.9 Å². The van der Waals surface area contributed by atoms with E-state index in [2.05, 4.69) is 77.7 Å². The number of nitro groups is 1. The number of aryl methyl sites for hydroxylation is 2. The van der Waals surface area contributed by atoms with Gasteiger partial charge >= 0.3 is 11.9 Å². The molecule has 1 unspecified atom stereocenters. The third kappa shape index (κ3) is 10.5. The average molecular weight is 760 g/mol. The SMILES string of the molecule is CN(C)CCCN1c2ccccc2CCc2ccccc21.COC(=O)C1=C(C)NC(C)=C(C(=O)OCCN(C)Cc2ccccc2)C1c1cccc([N+](=O)[O-])c1. The van der Waals surface area contributed by atoms with Gasteiger partial charge in [-0.2, -0.15) is 0 Å². The number of dihydropyridines is 1. The molecule has 0 spiro atoms. The van der Waals surface area contributed by atoms with E-state index >= 15 is 0 Å². The summed E-state index contributed by atoms with van der Waals surface area (Å²) in [4.78, 5) is 43.6. The number of fused-ring (bicyclic) bond motifs is 2. The van der Waals surface area contributed by atoms with E-state index in [1.54, 1.807) is 19.9 Å². The van der Waals surface area contributed by atoms with Crippen molar-refractivity contribution in [2.45, 2.75) is 45.6 Å². The van der Waals surface area contributed by atoms with Crippen molar-refractivity contribution in [3.8, 4) is 0 Å². The number of allylic oxidation sites excluding steroid dienone is 2. The maximum absolute atomic E-state index is 13.3. The lowest BCUT2D eigenvalue weighted by molar-refractivity contribution is -0.384. The normalized spacial score (nSPS) is 14.9. The van der Waals surface area contributed by atoms with Crippen LogP contribution in [0.5, 0.6) is 0 Å². The van der Waals surface area contributed by atoms with Gasteiger partial charge < -0.3 is 24.6 Å². The summed E-state index contributed by atoms with van der Waals surface area (Å²) < 4.78 is 10.6. The number of hydrogen-bond donors (Lipinski definition) is 1. The number of benzene rings is 4. The minimum atomic E-state index is -0.877. The molecule has 0 aliphatic carbocycles. The van der Waals surface area contributed by atoms with Gasteiger partial charge in [0.2, 0.25) is 0 Å². The lowest BCUT2D eigenvalue weighted by atomic mass is 9.80. The topological polar surface area (TPSA) is 117 Å². The molecule has 11 heteroatoms. The Hall–Kier alpha value is -5.78. The number of nitrogens with zero attached hydrogens (tertiary/aromatic N) is 4. The second-order valence-corrected chi connectivity index (χ2v) is 14.4. The van der Waals surface area contributed by atoms with Crippen molar-refractivity contribution in [1.82, 2.24) is 15.1 Å². The second kappa shape index (κ2) is 19.7. The number of nitrogens with one attached hydrogen (secondary N) is 1. The molecule has 6 rings (SSSR count). The van der Waals surface area contributed by atoms with Crippen LogP contribution in [0.4, 0.5) is 17.1 Å². The highest BCUT2D eigenvalue weighted by Crippen LogP contribution is 2.40. The summed E-state index contributed by atoms with van der Waals surface area (Å²) in [6.45, 7) is 6.94. The molecule has 0 amide bonds. The van der Waals surface area contributed by atoms with Gasteiger partial charge in [-0.15, -0.1) is 0 Å². The smallest absolute Gasteiger partial charge is 0.336 e. The Morgan fingerprint density at radius 2 is 1.39 bits per heavy atom. The fourth-order valence-electron chi connectivity index (χ4n) is 7.30. The van der Waals surface area contributed by atoms with Gasteiger partial charge in [0.1, 0.15) is 6.61 Å². The lowest BCUT2D eigenvalue weighted by Gasteiger charge is -2.30. The molecule has 4 aromatic carbocycles. The molecule has 0 bridgehead atoms. The molecule has 56 heavy (non-hydrogen) atoms. The molecular weight excluding hydrogens is 707 g/mol. The minimum absolute atomic E-state index is 0.136. The van der Waals surface area contributed by atoms with Crippen LogP contribution in [-0.4, -0.2) is 81.2 Å². The number of carbonyl (C=O) groups is 2. The molecule has 0 fully saturated rings. The standard InChI is InChI=1S/C26H29N3O6.C19H24N2/c1-17-22(25(30)34-4)24(20-11-8-12-21(15-20)29(32)33)23(18(2)27-17)26(31)35-14-13-28(3)16-19-9-6-5-7-10-19;1-20(2)14-7-15-21-18-10-5-3-8-16(18)12-13-17-9-4-6-11-19(17)21/h5-12,15,24,27H,13-14,16H2,1-4H3;3-6,8-11H,7,12-15H2,1-2H3. The van der Waals surface area contributed by atoms with Gasteiger partial charge in [-0.3, -0.25) is 15.0 Å². The van der Waals surface area contributed by atoms with Crippen molar-refractivity contribution in [2.24, 2.45) is 0 Å². The van der Waals surface area contributed by atoms with Gasteiger partial charge in [0, 0.05) is 54.5 Å². The van der Waals surface area contributed by atoms with Crippen LogP contribution >= 0.6 is 0 Å². The van der Waals surface area contributed by atoms with Crippen LogP contribution in [0.15, 0.2) is 126 Å². The van der Waals surface area contributed by atoms with Crippen LogP contribution in [0.25, 0.3) is 0 Å². The molecule has 2 aliphatic heterocycles. The Kier molecular flexibility index (Phi) is 14.6. The first-order chi connectivity index (χ1) is 27.0. The van der Waals surface area contributed by atoms with E-state index in [-0.39, 0.29) is 23.4 Å². The molecule has 1 atom stereocenters. The van der Waals surface area contributed by atoms with Crippen molar-refractivity contribution in [3.63, 3.8) is 0 Å². The first kappa shape index (κ1) is 41.4. The molecule has 0 saturated carbocycles. The van der Waals surface area contributed by atoms with Gasteiger partial charge in [-0.05, 0) is 95.2 Å². The first-order valence-electron chi connectivity index (χ1n) is 19.0. The summed E-state index contributed by atoms with van der Waals surface area (Å²) in [5.74, 6) is -2.11. The van der Waals surface area contributed by atoms with Crippen LogP contribution < -0.4 is 10.2 Å². The summed E-state index contributed by atoms with van der Waals surface area (Å²) in [6, 6.07) is 33.6. The Morgan fingerprint density at radius 1 is 0.804 bits per heavy atom. The van der Waals surface area contributed by atoms with Crippen molar-refractivity contribution in [1.29, 1.82) is 0 Å². The number of likely N-dealkylation sites (N-methyl/N-ethyl adjacent to an activating group) is 1. The summed E-state index contributed by atoms with van der Waals surface area (Å²) >= 11 is 0. The highest BCUT2D eigenvalue weighted by atomic mass is 16.6. The van der Waals surface area contributed by atoms with Crippen molar-refractivity contribution in [2.75, 3.05) is 59.4 Å². The number of para-hydroxylation sites is 2. The lowest BCUT2D eigenvalue weighted by Crippen LogP contribution is -2.33. The van der Waals surface area contributed by atoms with E-state index in [9.17, 15) is 19.7 Å². The molecule has 2 aliphatic rings. The van der Waals surface area contributed by atoms with Gasteiger partial charge in [-0.25, -0.2) is 9.59 Å². The Labute approximate surface area is 330 Å². The van der Waals surface area contributed by atoms with Crippen LogP contribution in [0.3, 0.4) is 0 Å². The summed E-state index contributed by atoms with van der Waals surface area (Å²) in [6.07, 6.45) is 3.45. The fourth-order valence-corrected chi connectivity index (χ4v) is 7.30. The molecule has 2 heterocycles. The fraction of sp³-hybridized carbons (Fsp3) is 0.333. The number of ether oxygens (including phenoxy) is 2. The Morgan fingerprint density at radius 3 is 1.98 bits per heavy atom. The molecule has 0 radical (unpaired) electrons. The molecule has 4 aromatic rings. The average Bonchev–Trinajstić information content (AvgIpc) is 3.34. The summed E-state index contributed by atoms with van der Waals surface area (Å²) in [5, 5.41) is 14.4. The number of hydrogen-bond acceptors (Lipinski definition) is 10. The first-order valence-corrected chi connectivity index (χ1v) is 19.0. The van der Waals surface area contributed by atoms with E-state index in [4.69, 9.17) is 9.47 Å². The predicted molar refractivity (Wildman–Crippen MR) is 221 cm³/mol. The van der Waals surface area contributed by atoms with E-state index in [1.807, 2.05) is 42.3 Å².